The number of hydrogen-bond acceptors (Lipinski definition) is 3. The van der Waals surface area contributed by atoms with E-state index in [1.54, 1.807) is 0 Å². The van der Waals surface area contributed by atoms with Gasteiger partial charge in [-0.1, -0.05) is 58.3 Å². The molecule has 6 heteroatoms. The molecule has 0 heterocycles. The number of hydrogen-bond donors (Lipinski definition) is 3. The third-order valence-electron chi connectivity index (χ3n) is 3.32. The van der Waals surface area contributed by atoms with E-state index in [1.165, 1.54) is 38.5 Å². The van der Waals surface area contributed by atoms with Crippen LogP contribution >= 0.6 is 0 Å². The molecule has 1 amide bonds. The van der Waals surface area contributed by atoms with Gasteiger partial charge >= 0.3 is 57.4 Å². The number of carboxylic acid groups (broad SMARTS) is 1. The number of aliphatic hydroxyl groups is 1. The molecule has 0 spiro atoms. The molecule has 0 saturated heterocycles. The summed E-state index contributed by atoms with van der Waals surface area (Å²) in [7, 11) is 0. The van der Waals surface area contributed by atoms with Gasteiger partial charge in [-0.05, 0) is 6.42 Å². The van der Waals surface area contributed by atoms with Crippen molar-refractivity contribution in [3.05, 3.63) is 0 Å². The molecule has 0 aliphatic carbocycles. The molecule has 3 N–H and O–H groups in total. The van der Waals surface area contributed by atoms with Gasteiger partial charge in [0.25, 0.3) is 0 Å². The molecule has 120 valence electrons. The SMILES string of the molecule is CCCCCCCCCCCC(=O)N[C@@H](CO)C(=O)O.[KH]. The molecule has 0 unspecified atom stereocenters. The Bertz CT molecular complexity index is 274. The fourth-order valence-electron chi connectivity index (χ4n) is 2.05. The maximum absolute atomic E-state index is 11.4. The zero-order chi connectivity index (χ0) is 15.2. The number of unbranched alkanes of at least 4 members (excludes halogenated alkanes) is 8. The first-order valence-corrected chi connectivity index (χ1v) is 7.74. The van der Waals surface area contributed by atoms with Crippen LogP contribution in [-0.2, 0) is 9.59 Å². The Balaban J connectivity index is 0. The number of carbonyl (C=O) groups is 2. The molecule has 0 saturated carbocycles. The molecular formula is C15H30KNO4. The third kappa shape index (κ3) is 15.2. The van der Waals surface area contributed by atoms with E-state index in [0.717, 1.165) is 19.3 Å². The van der Waals surface area contributed by atoms with Crippen molar-refractivity contribution in [3.8, 4) is 0 Å². The van der Waals surface area contributed by atoms with Crippen molar-refractivity contribution < 1.29 is 19.8 Å². The van der Waals surface area contributed by atoms with Crippen molar-refractivity contribution in [2.45, 2.75) is 77.2 Å². The van der Waals surface area contributed by atoms with E-state index in [0.29, 0.717) is 6.42 Å². The topological polar surface area (TPSA) is 86.6 Å². The predicted molar refractivity (Wildman–Crippen MR) is 85.6 cm³/mol. The van der Waals surface area contributed by atoms with Crippen LogP contribution in [0.2, 0.25) is 0 Å². The van der Waals surface area contributed by atoms with Crippen molar-refractivity contribution in [1.29, 1.82) is 0 Å². The summed E-state index contributed by atoms with van der Waals surface area (Å²) in [6, 6.07) is -1.18. The Kier molecular flexibility index (Phi) is 19.2. The number of aliphatic hydroxyl groups excluding tert-OH is 1. The van der Waals surface area contributed by atoms with E-state index in [4.69, 9.17) is 10.2 Å². The zero-order valence-corrected chi connectivity index (χ0v) is 12.6. The Morgan fingerprint density at radius 1 is 0.952 bits per heavy atom. The number of aliphatic carboxylic acids is 1. The van der Waals surface area contributed by atoms with Gasteiger partial charge in [-0.15, -0.1) is 0 Å². The summed E-state index contributed by atoms with van der Waals surface area (Å²) in [5.41, 5.74) is 0. The average Bonchev–Trinajstić information content (AvgIpc) is 2.42. The van der Waals surface area contributed by atoms with Crippen LogP contribution in [0.4, 0.5) is 0 Å². The molecule has 5 nitrogen and oxygen atoms in total. The van der Waals surface area contributed by atoms with Gasteiger partial charge in [0.05, 0.1) is 6.61 Å². The van der Waals surface area contributed by atoms with Gasteiger partial charge in [0.15, 0.2) is 0 Å². The number of rotatable bonds is 13. The van der Waals surface area contributed by atoms with E-state index >= 15 is 0 Å². The normalized spacial score (nSPS) is 11.5. The first-order chi connectivity index (χ1) is 9.61. The summed E-state index contributed by atoms with van der Waals surface area (Å²) in [4.78, 5) is 22.1. The van der Waals surface area contributed by atoms with Crippen molar-refractivity contribution in [2.24, 2.45) is 0 Å². The van der Waals surface area contributed by atoms with E-state index < -0.39 is 18.6 Å². The molecule has 21 heavy (non-hydrogen) atoms. The standard InChI is InChI=1S/C15H29NO4.K.H/c1-2-3-4-5-6-7-8-9-10-11-14(18)16-13(12-17)15(19)20;;/h13,17H,2-12H2,1H3,(H,16,18)(H,19,20);;/t13-;;/m0../s1. The summed E-state index contributed by atoms with van der Waals surface area (Å²) < 4.78 is 0. The second-order valence-corrected chi connectivity index (χ2v) is 5.22. The molecule has 1 atom stereocenters. The van der Waals surface area contributed by atoms with Gasteiger partial charge in [0.2, 0.25) is 5.91 Å². The Morgan fingerprint density at radius 3 is 1.86 bits per heavy atom. The van der Waals surface area contributed by atoms with Gasteiger partial charge in [-0.3, -0.25) is 4.79 Å². The van der Waals surface area contributed by atoms with Crippen LogP contribution in [0.3, 0.4) is 0 Å². The van der Waals surface area contributed by atoms with Gasteiger partial charge in [-0.2, -0.15) is 0 Å². The van der Waals surface area contributed by atoms with E-state index in [2.05, 4.69) is 12.2 Å². The van der Waals surface area contributed by atoms with Crippen LogP contribution in [0.15, 0.2) is 0 Å². The van der Waals surface area contributed by atoms with Gasteiger partial charge in [0.1, 0.15) is 6.04 Å². The molecule has 0 aromatic carbocycles. The molecule has 0 rings (SSSR count). The zero-order valence-electron chi connectivity index (χ0n) is 12.6. The van der Waals surface area contributed by atoms with Crippen LogP contribution in [-0.4, -0.2) is 86.1 Å². The predicted octanol–water partition coefficient (Wildman–Crippen LogP) is 1.82. The number of amides is 1. The van der Waals surface area contributed by atoms with Crippen molar-refractivity contribution in [1.82, 2.24) is 5.32 Å². The molecule has 0 bridgehead atoms. The van der Waals surface area contributed by atoms with Crippen LogP contribution in [0.5, 0.6) is 0 Å². The van der Waals surface area contributed by atoms with Crippen molar-refractivity contribution >= 4 is 63.3 Å². The summed E-state index contributed by atoms with van der Waals surface area (Å²) in [5.74, 6) is -1.50. The van der Waals surface area contributed by atoms with Crippen LogP contribution < -0.4 is 5.32 Å². The van der Waals surface area contributed by atoms with E-state index in [-0.39, 0.29) is 57.3 Å². The third-order valence-corrected chi connectivity index (χ3v) is 3.32. The van der Waals surface area contributed by atoms with E-state index in [9.17, 15) is 9.59 Å². The number of carbonyl (C=O) groups excluding carboxylic acids is 1. The molecule has 0 radical (unpaired) electrons. The van der Waals surface area contributed by atoms with Crippen LogP contribution in [0.1, 0.15) is 71.1 Å². The Morgan fingerprint density at radius 2 is 1.43 bits per heavy atom. The molecule has 0 aliphatic rings. The molecule has 0 aliphatic heterocycles. The van der Waals surface area contributed by atoms with Crippen molar-refractivity contribution in [3.63, 3.8) is 0 Å². The van der Waals surface area contributed by atoms with Gasteiger partial charge in [-0.25, -0.2) is 4.79 Å². The quantitative estimate of drug-likeness (QED) is 0.356. The molecule has 0 aromatic rings. The second kappa shape index (κ2) is 16.9. The van der Waals surface area contributed by atoms with Crippen LogP contribution in [0, 0.1) is 0 Å². The summed E-state index contributed by atoms with van der Waals surface area (Å²) in [6.07, 6.45) is 10.9. The molecule has 0 fully saturated rings. The van der Waals surface area contributed by atoms with E-state index in [1.807, 2.05) is 0 Å². The first kappa shape index (κ1) is 23.8. The number of nitrogens with one attached hydrogen (secondary N) is 1. The maximum atomic E-state index is 11.4. The monoisotopic (exact) mass is 327 g/mol. The molecule has 0 aromatic heterocycles. The minimum atomic E-state index is -1.20. The minimum absolute atomic E-state index is 0. The summed E-state index contributed by atoms with van der Waals surface area (Å²) in [6.45, 7) is 1.63. The Labute approximate surface area is 170 Å². The summed E-state index contributed by atoms with van der Waals surface area (Å²) >= 11 is 0. The Hall–Kier alpha value is 0.536. The van der Waals surface area contributed by atoms with Gasteiger partial charge < -0.3 is 15.5 Å². The summed E-state index contributed by atoms with van der Waals surface area (Å²) in [5, 5.41) is 19.8. The fourth-order valence-corrected chi connectivity index (χ4v) is 2.05. The number of carboxylic acids is 1. The second-order valence-electron chi connectivity index (χ2n) is 5.22. The first-order valence-electron chi connectivity index (χ1n) is 7.74. The van der Waals surface area contributed by atoms with Crippen LogP contribution in [0.25, 0.3) is 0 Å². The van der Waals surface area contributed by atoms with Gasteiger partial charge in [0, 0.05) is 6.42 Å². The average molecular weight is 328 g/mol. The molecular weight excluding hydrogens is 297 g/mol. The fraction of sp³-hybridized carbons (Fsp3) is 0.867. The van der Waals surface area contributed by atoms with Crippen molar-refractivity contribution in [2.75, 3.05) is 6.61 Å².